The maximum Gasteiger partial charge on any atom is 0.249 e. The van der Waals surface area contributed by atoms with Crippen molar-refractivity contribution in [3.63, 3.8) is 0 Å². The topological polar surface area (TPSA) is 60.5 Å². The maximum absolute atomic E-state index is 12.6. The summed E-state index contributed by atoms with van der Waals surface area (Å²) in [6.45, 7) is 3.00. The predicted octanol–water partition coefficient (Wildman–Crippen LogP) is 2.87. The van der Waals surface area contributed by atoms with Crippen LogP contribution in [-0.2, 0) is 14.3 Å². The van der Waals surface area contributed by atoms with Crippen LogP contribution in [0, 0.1) is 0 Å². The van der Waals surface area contributed by atoms with Gasteiger partial charge < -0.3 is 14.8 Å². The summed E-state index contributed by atoms with van der Waals surface area (Å²) in [5.74, 6) is -0.155. The molecular weight excluding hydrogens is 316 g/mol. The molecule has 0 spiro atoms. The van der Waals surface area contributed by atoms with Crippen LogP contribution in [0.4, 0.5) is 0 Å². The number of aromatic nitrogens is 1. The zero-order valence-corrected chi connectivity index (χ0v) is 14.4. The van der Waals surface area contributed by atoms with Crippen molar-refractivity contribution in [1.29, 1.82) is 0 Å². The summed E-state index contributed by atoms with van der Waals surface area (Å²) in [7, 11) is 0. The third-order valence-electron chi connectivity index (χ3n) is 4.33. The molecule has 1 aromatic carbocycles. The molecule has 0 radical (unpaired) electrons. The van der Waals surface area contributed by atoms with Gasteiger partial charge in [-0.15, -0.1) is 0 Å². The van der Waals surface area contributed by atoms with Gasteiger partial charge in [0.25, 0.3) is 0 Å². The van der Waals surface area contributed by atoms with Crippen LogP contribution in [0.3, 0.4) is 0 Å². The summed E-state index contributed by atoms with van der Waals surface area (Å²) in [6, 6.07) is 15.2. The molecule has 2 aromatic rings. The largest absolute Gasteiger partial charge is 0.376 e. The van der Waals surface area contributed by atoms with Crippen LogP contribution in [0.5, 0.6) is 0 Å². The number of rotatable bonds is 7. The molecule has 1 saturated heterocycles. The van der Waals surface area contributed by atoms with E-state index in [0.717, 1.165) is 30.7 Å². The van der Waals surface area contributed by atoms with E-state index in [2.05, 4.69) is 10.3 Å². The van der Waals surface area contributed by atoms with E-state index in [0.29, 0.717) is 6.61 Å². The van der Waals surface area contributed by atoms with Crippen molar-refractivity contribution in [3.8, 4) is 0 Å². The minimum atomic E-state index is -0.542. The summed E-state index contributed by atoms with van der Waals surface area (Å²) in [5.41, 5.74) is 1.79. The van der Waals surface area contributed by atoms with Crippen molar-refractivity contribution in [2.45, 2.75) is 38.0 Å². The molecule has 1 aliphatic heterocycles. The molecule has 5 nitrogen and oxygen atoms in total. The number of hydrogen-bond donors (Lipinski definition) is 1. The van der Waals surface area contributed by atoms with Gasteiger partial charge in [0.2, 0.25) is 5.91 Å². The fourth-order valence-corrected chi connectivity index (χ4v) is 2.88. The first-order chi connectivity index (χ1) is 12.2. The van der Waals surface area contributed by atoms with E-state index in [9.17, 15) is 4.79 Å². The van der Waals surface area contributed by atoms with Crippen LogP contribution >= 0.6 is 0 Å². The van der Waals surface area contributed by atoms with E-state index < -0.39 is 6.10 Å². The third-order valence-corrected chi connectivity index (χ3v) is 4.33. The average Bonchev–Trinajstić information content (AvgIpc) is 3.19. The molecule has 2 heterocycles. The van der Waals surface area contributed by atoms with Crippen molar-refractivity contribution >= 4 is 5.91 Å². The number of carbonyl (C=O) groups excluding carboxylic acids is 1. The molecule has 1 aromatic heterocycles. The molecule has 1 N–H and O–H groups in total. The monoisotopic (exact) mass is 340 g/mol. The molecule has 0 bridgehead atoms. The second kappa shape index (κ2) is 8.74. The van der Waals surface area contributed by atoms with Crippen LogP contribution in [0.1, 0.15) is 37.1 Å². The molecule has 0 saturated carbocycles. The summed E-state index contributed by atoms with van der Waals surface area (Å²) in [6.07, 6.45) is 3.35. The fraction of sp³-hybridized carbons (Fsp3) is 0.400. The van der Waals surface area contributed by atoms with Crippen LogP contribution in [0.25, 0.3) is 0 Å². The van der Waals surface area contributed by atoms with Gasteiger partial charge >= 0.3 is 0 Å². The zero-order valence-electron chi connectivity index (χ0n) is 14.4. The number of nitrogens with one attached hydrogen (secondary N) is 1. The van der Waals surface area contributed by atoms with Crippen molar-refractivity contribution in [3.05, 3.63) is 66.0 Å². The Balaban J connectivity index is 1.66. The Bertz CT molecular complexity index is 618. The first kappa shape index (κ1) is 17.6. The van der Waals surface area contributed by atoms with E-state index in [1.54, 1.807) is 13.1 Å². The minimum Gasteiger partial charge on any atom is -0.376 e. The van der Waals surface area contributed by atoms with Gasteiger partial charge in [-0.1, -0.05) is 36.4 Å². The molecule has 0 aliphatic carbocycles. The molecule has 5 heteroatoms. The number of amides is 1. The van der Waals surface area contributed by atoms with Gasteiger partial charge in [0.1, 0.15) is 6.10 Å². The van der Waals surface area contributed by atoms with Gasteiger partial charge in [-0.25, -0.2) is 0 Å². The Hall–Kier alpha value is -2.24. The first-order valence-corrected chi connectivity index (χ1v) is 8.73. The van der Waals surface area contributed by atoms with Crippen molar-refractivity contribution < 1.29 is 14.3 Å². The fourth-order valence-electron chi connectivity index (χ4n) is 2.88. The predicted molar refractivity (Wildman–Crippen MR) is 95.1 cm³/mol. The Kier molecular flexibility index (Phi) is 6.14. The lowest BCUT2D eigenvalue weighted by molar-refractivity contribution is -0.134. The van der Waals surface area contributed by atoms with E-state index in [4.69, 9.17) is 9.47 Å². The molecule has 3 rings (SSSR count). The molecule has 1 aliphatic rings. The Morgan fingerprint density at radius 1 is 1.28 bits per heavy atom. The van der Waals surface area contributed by atoms with Crippen LogP contribution in [0.2, 0.25) is 0 Å². The highest BCUT2D eigenvalue weighted by molar-refractivity contribution is 5.81. The van der Waals surface area contributed by atoms with E-state index in [1.807, 2.05) is 48.5 Å². The van der Waals surface area contributed by atoms with Gasteiger partial charge in [0.15, 0.2) is 0 Å². The standard InChI is InChI=1S/C20H24N2O3/c1-15(25-14-17-10-7-13-24-17)20(23)22-19(16-8-3-2-4-9-16)18-11-5-6-12-21-18/h2-6,8-9,11-12,15,17,19H,7,10,13-14H2,1H3,(H,22,23). The molecule has 3 unspecified atom stereocenters. The minimum absolute atomic E-state index is 0.107. The Labute approximate surface area is 148 Å². The van der Waals surface area contributed by atoms with Crippen molar-refractivity contribution in [2.75, 3.05) is 13.2 Å². The quantitative estimate of drug-likeness (QED) is 0.842. The highest BCUT2D eigenvalue weighted by atomic mass is 16.5. The SMILES string of the molecule is CC(OCC1CCCO1)C(=O)NC(c1ccccc1)c1ccccn1. The van der Waals surface area contributed by atoms with Crippen LogP contribution in [-0.4, -0.2) is 36.3 Å². The summed E-state index contributed by atoms with van der Waals surface area (Å²) < 4.78 is 11.2. The van der Waals surface area contributed by atoms with Crippen LogP contribution < -0.4 is 5.32 Å². The summed E-state index contributed by atoms with van der Waals surface area (Å²) >= 11 is 0. The Morgan fingerprint density at radius 2 is 2.08 bits per heavy atom. The summed E-state index contributed by atoms with van der Waals surface area (Å²) in [4.78, 5) is 17.0. The highest BCUT2D eigenvalue weighted by Crippen LogP contribution is 2.20. The normalized spacial score (nSPS) is 19.3. The zero-order chi connectivity index (χ0) is 17.5. The number of benzene rings is 1. The van der Waals surface area contributed by atoms with Gasteiger partial charge in [0.05, 0.1) is 24.4 Å². The van der Waals surface area contributed by atoms with Gasteiger partial charge in [-0.3, -0.25) is 9.78 Å². The molecule has 1 amide bonds. The number of ether oxygens (including phenoxy) is 2. The maximum atomic E-state index is 12.6. The lowest BCUT2D eigenvalue weighted by Gasteiger charge is -2.22. The van der Waals surface area contributed by atoms with E-state index >= 15 is 0 Å². The smallest absolute Gasteiger partial charge is 0.249 e. The van der Waals surface area contributed by atoms with E-state index in [-0.39, 0.29) is 18.1 Å². The second-order valence-corrected chi connectivity index (χ2v) is 6.22. The molecule has 25 heavy (non-hydrogen) atoms. The second-order valence-electron chi connectivity index (χ2n) is 6.22. The van der Waals surface area contributed by atoms with Gasteiger partial charge in [0, 0.05) is 12.8 Å². The first-order valence-electron chi connectivity index (χ1n) is 8.73. The van der Waals surface area contributed by atoms with Gasteiger partial charge in [-0.2, -0.15) is 0 Å². The van der Waals surface area contributed by atoms with Crippen molar-refractivity contribution in [2.24, 2.45) is 0 Å². The van der Waals surface area contributed by atoms with Crippen LogP contribution in [0.15, 0.2) is 54.7 Å². The highest BCUT2D eigenvalue weighted by Gasteiger charge is 2.23. The third kappa shape index (κ3) is 4.87. The summed E-state index contributed by atoms with van der Waals surface area (Å²) in [5, 5.41) is 3.06. The molecular formula is C20H24N2O3. The molecule has 3 atom stereocenters. The number of carbonyl (C=O) groups is 1. The lowest BCUT2D eigenvalue weighted by atomic mass is 10.0. The van der Waals surface area contributed by atoms with Crippen molar-refractivity contribution in [1.82, 2.24) is 10.3 Å². The molecule has 1 fully saturated rings. The number of pyridine rings is 1. The van der Waals surface area contributed by atoms with E-state index in [1.165, 1.54) is 0 Å². The molecule has 132 valence electrons. The number of hydrogen-bond acceptors (Lipinski definition) is 4. The Morgan fingerprint density at radius 3 is 2.76 bits per heavy atom. The number of nitrogens with zero attached hydrogens (tertiary/aromatic N) is 1. The lowest BCUT2D eigenvalue weighted by Crippen LogP contribution is -2.38. The van der Waals surface area contributed by atoms with Gasteiger partial charge in [-0.05, 0) is 37.5 Å². The average molecular weight is 340 g/mol.